The van der Waals surface area contributed by atoms with Gasteiger partial charge < -0.3 is 10.7 Å². The summed E-state index contributed by atoms with van der Waals surface area (Å²) < 4.78 is 1.59. The number of hydrogen-bond donors (Lipinski definition) is 2. The van der Waals surface area contributed by atoms with Crippen molar-refractivity contribution in [1.82, 2.24) is 14.4 Å². The van der Waals surface area contributed by atoms with Crippen molar-refractivity contribution in [2.75, 3.05) is 0 Å². The van der Waals surface area contributed by atoms with E-state index in [1.807, 2.05) is 64.1 Å². The third-order valence-electron chi connectivity index (χ3n) is 2.74. The molecule has 6 nitrogen and oxygen atoms in total. The molecule has 0 saturated heterocycles. The van der Waals surface area contributed by atoms with Gasteiger partial charge in [0.1, 0.15) is 0 Å². The van der Waals surface area contributed by atoms with E-state index in [1.165, 1.54) is 6.92 Å². The Bertz CT molecular complexity index is 916. The number of aromatic nitrogens is 3. The highest BCUT2D eigenvalue weighted by molar-refractivity contribution is 5.91. The van der Waals surface area contributed by atoms with Gasteiger partial charge in [-0.15, -0.1) is 6.58 Å². The van der Waals surface area contributed by atoms with Crippen molar-refractivity contribution in [2.45, 2.75) is 34.6 Å². The first-order valence-corrected chi connectivity index (χ1v) is 8.40. The molecule has 0 atom stereocenters. The highest BCUT2D eigenvalue weighted by Gasteiger charge is 2.08. The fourth-order valence-electron chi connectivity index (χ4n) is 2.02. The monoisotopic (exact) mass is 356 g/mol. The van der Waals surface area contributed by atoms with E-state index in [0.29, 0.717) is 5.65 Å². The molecule has 3 rings (SSSR count). The first-order chi connectivity index (χ1) is 12.5. The summed E-state index contributed by atoms with van der Waals surface area (Å²) in [6, 6.07) is 7.66. The number of benzene rings is 1. The number of nitrogens with one attached hydrogen (secondary N) is 1. The lowest BCUT2D eigenvalue weighted by Crippen LogP contribution is -2.17. The average molecular weight is 356 g/mol. The summed E-state index contributed by atoms with van der Waals surface area (Å²) in [5.41, 5.74) is 6.60. The summed E-state index contributed by atoms with van der Waals surface area (Å²) in [5, 5.41) is 0.947. The number of aromatic amines is 1. The molecule has 0 spiro atoms. The number of nitrogens with zero attached hydrogens (tertiary/aromatic N) is 2. The Morgan fingerprint density at radius 2 is 1.81 bits per heavy atom. The maximum atomic E-state index is 12.0. The van der Waals surface area contributed by atoms with Crippen molar-refractivity contribution in [3.05, 3.63) is 65.4 Å². The topological polar surface area (TPSA) is 93.2 Å². The summed E-state index contributed by atoms with van der Waals surface area (Å²) in [6.45, 7) is 12.5. The summed E-state index contributed by atoms with van der Waals surface area (Å²) in [7, 11) is 0. The maximum absolute atomic E-state index is 12.0. The van der Waals surface area contributed by atoms with Gasteiger partial charge in [0.25, 0.3) is 0 Å². The van der Waals surface area contributed by atoms with Crippen molar-refractivity contribution >= 4 is 28.5 Å². The fraction of sp³-hybridized carbons (Fsp3) is 0.250. The molecule has 0 aliphatic heterocycles. The number of H-pyrrole nitrogens is 1. The van der Waals surface area contributed by atoms with Crippen molar-refractivity contribution in [2.24, 2.45) is 5.73 Å². The molecule has 0 saturated carbocycles. The zero-order chi connectivity index (χ0) is 20.1. The van der Waals surface area contributed by atoms with Crippen LogP contribution in [0.1, 0.15) is 40.3 Å². The highest BCUT2D eigenvalue weighted by Crippen LogP contribution is 2.16. The minimum absolute atomic E-state index is 0.163. The number of rotatable bonds is 1. The second-order valence-corrected chi connectivity index (χ2v) is 4.84. The lowest BCUT2D eigenvalue weighted by atomic mass is 10.2. The molecule has 2 heterocycles. The van der Waals surface area contributed by atoms with Gasteiger partial charge in [0.05, 0.1) is 17.4 Å². The molecule has 140 valence electrons. The van der Waals surface area contributed by atoms with Gasteiger partial charge in [-0.25, -0.2) is 14.2 Å². The van der Waals surface area contributed by atoms with Crippen molar-refractivity contribution in [3.63, 3.8) is 0 Å². The van der Waals surface area contributed by atoms with Crippen LogP contribution in [0.5, 0.6) is 0 Å². The molecular formula is C20H28N4O2. The molecule has 0 fully saturated rings. The van der Waals surface area contributed by atoms with E-state index in [0.717, 1.165) is 16.6 Å². The molecule has 2 aromatic heterocycles. The minimum atomic E-state index is -0.333. The first kappa shape index (κ1) is 22.9. The Hall–Kier alpha value is -3.15. The molecule has 0 bridgehead atoms. The quantitative estimate of drug-likeness (QED) is 0.647. The number of para-hydroxylation sites is 1. The minimum Gasteiger partial charge on any atom is -0.370 e. The molecule has 0 unspecified atom stereocenters. The average Bonchev–Trinajstić information content (AvgIpc) is 3.02. The third-order valence-corrected chi connectivity index (χ3v) is 2.74. The normalized spacial score (nSPS) is 9.42. The molecule has 0 aliphatic carbocycles. The Balaban J connectivity index is 0.000000594. The summed E-state index contributed by atoms with van der Waals surface area (Å²) in [6.07, 6.45) is 7.21. The van der Waals surface area contributed by atoms with E-state index in [2.05, 4.69) is 22.3 Å². The number of hydrogen-bond acceptors (Lipinski definition) is 3. The number of carbonyl (C=O) groups excluding carboxylic acids is 1. The number of primary amides is 1. The molecular weight excluding hydrogens is 328 g/mol. The number of fused-ring (bicyclic) bond motifs is 3. The van der Waals surface area contributed by atoms with E-state index < -0.39 is 0 Å². The van der Waals surface area contributed by atoms with Crippen LogP contribution in [0, 0.1) is 0 Å². The lowest BCUT2D eigenvalue weighted by molar-refractivity contribution is -0.115. The molecule has 6 heteroatoms. The molecule has 1 aromatic carbocycles. The van der Waals surface area contributed by atoms with Gasteiger partial charge >= 0.3 is 5.69 Å². The highest BCUT2D eigenvalue weighted by atomic mass is 16.1. The number of carbonyl (C=O) groups is 1. The number of amides is 1. The van der Waals surface area contributed by atoms with Crippen LogP contribution in [0.3, 0.4) is 0 Å². The zero-order valence-electron chi connectivity index (χ0n) is 16.1. The smallest absolute Gasteiger partial charge is 0.332 e. The van der Waals surface area contributed by atoms with Gasteiger partial charge in [-0.2, -0.15) is 0 Å². The third kappa shape index (κ3) is 6.39. The van der Waals surface area contributed by atoms with Crippen LogP contribution in [0.15, 0.2) is 54.0 Å². The van der Waals surface area contributed by atoms with E-state index in [1.54, 1.807) is 16.7 Å². The molecule has 26 heavy (non-hydrogen) atoms. The Kier molecular flexibility index (Phi) is 10.8. The van der Waals surface area contributed by atoms with Crippen molar-refractivity contribution in [3.8, 4) is 0 Å². The Morgan fingerprint density at radius 3 is 2.35 bits per heavy atom. The van der Waals surface area contributed by atoms with Crippen LogP contribution < -0.4 is 11.4 Å². The first-order valence-electron chi connectivity index (χ1n) is 8.40. The number of nitrogens with two attached hydrogens (primary N) is 1. The molecule has 3 aromatic rings. The predicted octanol–water partition coefficient (Wildman–Crippen LogP) is 3.92. The predicted molar refractivity (Wildman–Crippen MR) is 110 cm³/mol. The van der Waals surface area contributed by atoms with Crippen LogP contribution in [0.2, 0.25) is 0 Å². The maximum Gasteiger partial charge on any atom is 0.332 e. The van der Waals surface area contributed by atoms with Crippen LogP contribution in [-0.4, -0.2) is 20.3 Å². The molecule has 3 N–H and O–H groups in total. The standard InChI is InChI=1S/C13H11N3O.C3H6.C2H5NO.C2H6/c1-2-5-9-8-14-12-10-6-3-4-7-11(10)15-13(17)16(9)12;1-3-2;1-2(3)4;1-2/h2-8H,1H3,(H,15,17);3H,1H2,2H3;1H3,(H2,3,4);1-2H3/b5-2-;;;. The Morgan fingerprint density at radius 1 is 1.27 bits per heavy atom. The second-order valence-electron chi connectivity index (χ2n) is 4.84. The lowest BCUT2D eigenvalue weighted by Gasteiger charge is -2.00. The number of imidazole rings is 1. The summed E-state index contributed by atoms with van der Waals surface area (Å²) in [4.78, 5) is 28.4. The largest absolute Gasteiger partial charge is 0.370 e. The molecule has 0 aliphatic rings. The molecule has 1 amide bonds. The van der Waals surface area contributed by atoms with Gasteiger partial charge in [-0.05, 0) is 32.1 Å². The van der Waals surface area contributed by atoms with E-state index >= 15 is 0 Å². The van der Waals surface area contributed by atoms with Crippen molar-refractivity contribution in [1.29, 1.82) is 0 Å². The van der Waals surface area contributed by atoms with E-state index in [-0.39, 0.29) is 11.6 Å². The van der Waals surface area contributed by atoms with Gasteiger partial charge in [0, 0.05) is 12.3 Å². The van der Waals surface area contributed by atoms with Gasteiger partial charge in [-0.3, -0.25) is 4.79 Å². The van der Waals surface area contributed by atoms with Crippen LogP contribution in [0.25, 0.3) is 22.6 Å². The van der Waals surface area contributed by atoms with Crippen LogP contribution in [0.4, 0.5) is 0 Å². The summed E-state index contributed by atoms with van der Waals surface area (Å²) in [5.74, 6) is -0.333. The van der Waals surface area contributed by atoms with Crippen molar-refractivity contribution < 1.29 is 4.79 Å². The fourth-order valence-corrected chi connectivity index (χ4v) is 2.02. The Labute approximate surface area is 154 Å². The van der Waals surface area contributed by atoms with Gasteiger partial charge in [0.2, 0.25) is 5.91 Å². The van der Waals surface area contributed by atoms with E-state index in [4.69, 9.17) is 0 Å². The molecule has 0 radical (unpaired) electrons. The van der Waals surface area contributed by atoms with E-state index in [9.17, 15) is 9.59 Å². The zero-order valence-corrected chi connectivity index (χ0v) is 16.1. The second kappa shape index (κ2) is 12.2. The van der Waals surface area contributed by atoms with Crippen LogP contribution in [-0.2, 0) is 4.79 Å². The van der Waals surface area contributed by atoms with Crippen LogP contribution >= 0.6 is 0 Å². The van der Waals surface area contributed by atoms with Gasteiger partial charge in [-0.1, -0.05) is 38.1 Å². The van der Waals surface area contributed by atoms with Gasteiger partial charge in [0.15, 0.2) is 5.65 Å². The number of allylic oxidation sites excluding steroid dienone is 2. The summed E-state index contributed by atoms with van der Waals surface area (Å²) >= 11 is 0. The SMILES string of the molecule is C/C=C\c1cnc2c3ccccc3[nH]c(=O)n12.C=CC.CC.CC(N)=O.